The van der Waals surface area contributed by atoms with Gasteiger partial charge in [0.25, 0.3) is 0 Å². The lowest BCUT2D eigenvalue weighted by molar-refractivity contribution is -0.132. The highest BCUT2D eigenvalue weighted by molar-refractivity contribution is 5.80. The molecule has 4 unspecified atom stereocenters. The van der Waals surface area contributed by atoms with Crippen LogP contribution in [0.4, 0.5) is 0 Å². The number of rotatable bonds is 42. The summed E-state index contributed by atoms with van der Waals surface area (Å²) in [5.74, 6) is -0.603. The van der Waals surface area contributed by atoms with Crippen molar-refractivity contribution in [2.24, 2.45) is 0 Å². The molecule has 6 heteroatoms. The lowest BCUT2D eigenvalue weighted by atomic mass is 10.00. The Morgan fingerprint density at radius 1 is 0.455 bits per heavy atom. The van der Waals surface area contributed by atoms with E-state index < -0.39 is 36.9 Å². The summed E-state index contributed by atoms with van der Waals surface area (Å²) in [7, 11) is 0. The van der Waals surface area contributed by atoms with Crippen LogP contribution in [-0.2, 0) is 4.79 Å². The molecule has 0 fully saturated rings. The summed E-state index contributed by atoms with van der Waals surface area (Å²) in [5, 5.41) is 43.7. The third kappa shape index (κ3) is 37.6. The molecule has 322 valence electrons. The number of unbranched alkanes of at least 4 members (excludes halogenated alkanes) is 26. The molecule has 0 aliphatic heterocycles. The number of hydrogen-bond donors (Lipinski definition) is 5. The Kier molecular flexibility index (Phi) is 42.0. The fraction of sp³-hybridized carbons (Fsp3) is 0.816. The highest BCUT2D eigenvalue weighted by Crippen LogP contribution is 2.15. The Morgan fingerprint density at radius 3 is 1.29 bits per heavy atom. The SMILES string of the molecule is CCCCC/C=C\C=C/CCCCCCCCCCCC(O)C(=O)NC(CO)C(O)C(O)CCC/C=C/CC/C=C/CCCCCCCCCCCCCC. The largest absolute Gasteiger partial charge is 0.394 e. The van der Waals surface area contributed by atoms with Crippen LogP contribution in [0.15, 0.2) is 48.6 Å². The molecule has 0 saturated heterocycles. The minimum Gasteiger partial charge on any atom is -0.394 e. The van der Waals surface area contributed by atoms with Crippen LogP contribution in [0.5, 0.6) is 0 Å². The molecule has 0 heterocycles. The van der Waals surface area contributed by atoms with Gasteiger partial charge in [0, 0.05) is 0 Å². The van der Waals surface area contributed by atoms with Crippen LogP contribution < -0.4 is 5.32 Å². The second-order valence-electron chi connectivity index (χ2n) is 16.1. The van der Waals surface area contributed by atoms with Gasteiger partial charge in [-0.15, -0.1) is 0 Å². The first-order valence-electron chi connectivity index (χ1n) is 23.5. The first-order chi connectivity index (χ1) is 27.0. The van der Waals surface area contributed by atoms with Crippen molar-refractivity contribution in [2.45, 2.75) is 250 Å². The van der Waals surface area contributed by atoms with E-state index in [2.05, 4.69) is 67.8 Å². The van der Waals surface area contributed by atoms with Crippen LogP contribution in [-0.4, -0.2) is 57.3 Å². The summed E-state index contributed by atoms with van der Waals surface area (Å²) < 4.78 is 0. The number of carbonyl (C=O) groups is 1. The van der Waals surface area contributed by atoms with E-state index in [1.165, 1.54) is 148 Å². The minimum atomic E-state index is -1.29. The third-order valence-corrected chi connectivity index (χ3v) is 10.8. The van der Waals surface area contributed by atoms with E-state index >= 15 is 0 Å². The fourth-order valence-electron chi connectivity index (χ4n) is 7.00. The molecule has 4 atom stereocenters. The predicted molar refractivity (Wildman–Crippen MR) is 237 cm³/mol. The lowest BCUT2D eigenvalue weighted by Gasteiger charge is -2.27. The summed E-state index contributed by atoms with van der Waals surface area (Å²) in [6, 6.07) is -1.01. The molecule has 6 nitrogen and oxygen atoms in total. The monoisotopic (exact) mass is 774 g/mol. The summed E-state index contributed by atoms with van der Waals surface area (Å²) in [5.41, 5.74) is 0. The molecule has 0 aromatic rings. The Balaban J connectivity index is 3.79. The molecule has 0 aromatic carbocycles. The van der Waals surface area contributed by atoms with Crippen molar-refractivity contribution in [3.05, 3.63) is 48.6 Å². The zero-order valence-electron chi connectivity index (χ0n) is 36.2. The minimum absolute atomic E-state index is 0.353. The van der Waals surface area contributed by atoms with E-state index in [0.29, 0.717) is 19.3 Å². The van der Waals surface area contributed by atoms with Gasteiger partial charge < -0.3 is 25.7 Å². The molecule has 0 radical (unpaired) electrons. The van der Waals surface area contributed by atoms with Gasteiger partial charge in [-0.1, -0.05) is 197 Å². The van der Waals surface area contributed by atoms with Gasteiger partial charge in [0.1, 0.15) is 12.2 Å². The molecule has 0 spiro atoms. The summed E-state index contributed by atoms with van der Waals surface area (Å²) >= 11 is 0. The summed E-state index contributed by atoms with van der Waals surface area (Å²) in [6.45, 7) is 4.01. The van der Waals surface area contributed by atoms with Gasteiger partial charge in [0.15, 0.2) is 0 Å². The van der Waals surface area contributed by atoms with Gasteiger partial charge in [-0.05, 0) is 77.0 Å². The molecule has 1 amide bonds. The van der Waals surface area contributed by atoms with Crippen molar-refractivity contribution in [3.63, 3.8) is 0 Å². The predicted octanol–water partition coefficient (Wildman–Crippen LogP) is 12.7. The Labute approximate surface area is 340 Å². The normalized spacial score (nSPS) is 14.5. The van der Waals surface area contributed by atoms with Crippen LogP contribution in [0.25, 0.3) is 0 Å². The topological polar surface area (TPSA) is 110 Å². The average Bonchev–Trinajstić information content (AvgIpc) is 3.19. The second-order valence-corrected chi connectivity index (χ2v) is 16.1. The number of allylic oxidation sites excluding steroid dienone is 8. The zero-order chi connectivity index (χ0) is 40.3. The van der Waals surface area contributed by atoms with E-state index in [4.69, 9.17) is 0 Å². The van der Waals surface area contributed by atoms with Crippen LogP contribution >= 0.6 is 0 Å². The molecule has 0 bridgehead atoms. The van der Waals surface area contributed by atoms with E-state index in [9.17, 15) is 25.2 Å². The quantitative estimate of drug-likeness (QED) is 0.0241. The molecular weight excluding hydrogens is 683 g/mol. The van der Waals surface area contributed by atoms with Crippen LogP contribution in [0.1, 0.15) is 226 Å². The lowest BCUT2D eigenvalue weighted by Crippen LogP contribution is -2.53. The van der Waals surface area contributed by atoms with Crippen LogP contribution in [0, 0.1) is 0 Å². The van der Waals surface area contributed by atoms with Crippen molar-refractivity contribution in [1.29, 1.82) is 0 Å². The highest BCUT2D eigenvalue weighted by Gasteiger charge is 2.28. The first kappa shape index (κ1) is 53.3. The number of carbonyl (C=O) groups excluding carboxylic acids is 1. The number of aliphatic hydroxyl groups is 4. The first-order valence-corrected chi connectivity index (χ1v) is 23.5. The van der Waals surface area contributed by atoms with Crippen molar-refractivity contribution in [2.75, 3.05) is 6.61 Å². The van der Waals surface area contributed by atoms with Crippen LogP contribution in [0.2, 0.25) is 0 Å². The maximum absolute atomic E-state index is 12.5. The second kappa shape index (κ2) is 43.4. The van der Waals surface area contributed by atoms with E-state index in [-0.39, 0.29) is 0 Å². The van der Waals surface area contributed by atoms with Crippen molar-refractivity contribution in [3.8, 4) is 0 Å². The molecule has 0 aromatic heterocycles. The average molecular weight is 774 g/mol. The summed E-state index contributed by atoms with van der Waals surface area (Å²) in [6.07, 6.45) is 52.9. The maximum Gasteiger partial charge on any atom is 0.249 e. The number of hydrogen-bond acceptors (Lipinski definition) is 5. The van der Waals surface area contributed by atoms with Gasteiger partial charge in [-0.3, -0.25) is 4.79 Å². The Bertz CT molecular complexity index is 915. The highest BCUT2D eigenvalue weighted by atomic mass is 16.3. The molecule has 0 aliphatic carbocycles. The van der Waals surface area contributed by atoms with Crippen molar-refractivity contribution >= 4 is 5.91 Å². The van der Waals surface area contributed by atoms with Gasteiger partial charge in [-0.25, -0.2) is 0 Å². The fourth-order valence-corrected chi connectivity index (χ4v) is 7.00. The standard InChI is InChI=1S/C49H91NO5/c1-3-5-7-9-11-13-15-17-19-21-23-24-25-27-28-30-32-34-36-38-40-42-46(52)48(54)45(44-51)50-49(55)47(53)43-41-39-37-35-33-31-29-26-22-20-18-16-14-12-10-8-6-4-2/h12,14,16,18,27-28,34,36,45-48,51-54H,3-11,13,15,17,19-26,29-33,35,37-44H2,1-2H3,(H,50,55)/b14-12-,18-16-,28-27+,36-34+. The van der Waals surface area contributed by atoms with E-state index in [0.717, 1.165) is 44.9 Å². The van der Waals surface area contributed by atoms with E-state index in [1.54, 1.807) is 0 Å². The van der Waals surface area contributed by atoms with Gasteiger partial charge in [0.05, 0.1) is 18.8 Å². The van der Waals surface area contributed by atoms with Gasteiger partial charge in [-0.2, -0.15) is 0 Å². The van der Waals surface area contributed by atoms with Gasteiger partial charge in [0.2, 0.25) is 5.91 Å². The molecule has 0 rings (SSSR count). The zero-order valence-corrected chi connectivity index (χ0v) is 36.2. The number of nitrogens with one attached hydrogen (secondary N) is 1. The Morgan fingerprint density at radius 2 is 0.818 bits per heavy atom. The van der Waals surface area contributed by atoms with Gasteiger partial charge >= 0.3 is 0 Å². The molecule has 5 N–H and O–H groups in total. The smallest absolute Gasteiger partial charge is 0.249 e. The molecule has 0 aliphatic rings. The van der Waals surface area contributed by atoms with Crippen molar-refractivity contribution < 1.29 is 25.2 Å². The maximum atomic E-state index is 12.5. The van der Waals surface area contributed by atoms with Crippen molar-refractivity contribution in [1.82, 2.24) is 5.32 Å². The Hall–Kier alpha value is -1.73. The van der Waals surface area contributed by atoms with Crippen LogP contribution in [0.3, 0.4) is 0 Å². The molecular formula is C49H91NO5. The summed E-state index contributed by atoms with van der Waals surface area (Å²) in [4.78, 5) is 12.5. The third-order valence-electron chi connectivity index (χ3n) is 10.8. The number of amides is 1. The number of aliphatic hydroxyl groups excluding tert-OH is 4. The molecule has 0 saturated carbocycles. The molecule has 55 heavy (non-hydrogen) atoms. The van der Waals surface area contributed by atoms with E-state index in [1.807, 2.05) is 0 Å².